The first-order valence-corrected chi connectivity index (χ1v) is 10.5. The Morgan fingerprint density at radius 3 is 1.87 bits per heavy atom. The summed E-state index contributed by atoms with van der Waals surface area (Å²) in [5, 5.41) is 8.17. The number of amides is 3. The smallest absolute Gasteiger partial charge is 0.333 e. The largest absolute Gasteiger partial charge is 0.460 e. The van der Waals surface area contributed by atoms with E-state index in [4.69, 9.17) is 9.47 Å². The second-order valence-electron chi connectivity index (χ2n) is 9.28. The van der Waals surface area contributed by atoms with Crippen LogP contribution in [-0.4, -0.2) is 57.4 Å². The van der Waals surface area contributed by atoms with Crippen molar-refractivity contribution in [1.82, 2.24) is 16.0 Å². The van der Waals surface area contributed by atoms with Crippen LogP contribution < -0.4 is 16.0 Å². The summed E-state index contributed by atoms with van der Waals surface area (Å²) in [5.74, 6) is -0.213. The first-order valence-electron chi connectivity index (χ1n) is 10.5. The van der Waals surface area contributed by atoms with Gasteiger partial charge in [-0.2, -0.15) is 0 Å². The molecule has 0 aliphatic heterocycles. The summed E-state index contributed by atoms with van der Waals surface area (Å²) in [7, 11) is 0. The molecule has 8 heteroatoms. The highest BCUT2D eigenvalue weighted by Crippen LogP contribution is 2.39. The summed E-state index contributed by atoms with van der Waals surface area (Å²) < 4.78 is 10.3. The number of esters is 1. The summed E-state index contributed by atoms with van der Waals surface area (Å²) >= 11 is 0. The quantitative estimate of drug-likeness (QED) is 0.238. The number of rotatable bonds is 13. The van der Waals surface area contributed by atoms with E-state index in [2.05, 4.69) is 57.1 Å². The zero-order valence-electron chi connectivity index (χ0n) is 19.8. The van der Waals surface area contributed by atoms with Crippen molar-refractivity contribution in [3.05, 3.63) is 12.2 Å². The lowest BCUT2D eigenvalue weighted by atomic mass is 9.68. The van der Waals surface area contributed by atoms with Crippen molar-refractivity contribution in [1.29, 1.82) is 0 Å². The van der Waals surface area contributed by atoms with Gasteiger partial charge in [0.25, 0.3) is 0 Å². The highest BCUT2D eigenvalue weighted by Gasteiger charge is 2.39. The van der Waals surface area contributed by atoms with E-state index in [9.17, 15) is 14.4 Å². The predicted molar refractivity (Wildman–Crippen MR) is 118 cm³/mol. The van der Waals surface area contributed by atoms with Gasteiger partial charge in [-0.1, -0.05) is 48.1 Å². The molecule has 3 N–H and O–H groups in total. The average Bonchev–Trinajstić information content (AvgIpc) is 2.62. The highest BCUT2D eigenvalue weighted by molar-refractivity contribution is 5.87. The van der Waals surface area contributed by atoms with E-state index >= 15 is 0 Å². The first kappa shape index (κ1) is 27.9. The predicted octanol–water partition coefficient (Wildman–Crippen LogP) is 2.64. The van der Waals surface area contributed by atoms with E-state index in [-0.39, 0.29) is 36.4 Å². The van der Waals surface area contributed by atoms with Crippen LogP contribution in [0.25, 0.3) is 0 Å². The Balaban J connectivity index is 3.93. The van der Waals surface area contributed by atoms with Gasteiger partial charge in [0.05, 0.1) is 19.8 Å². The molecule has 0 bridgehead atoms. The van der Waals surface area contributed by atoms with Crippen LogP contribution in [0.1, 0.15) is 54.9 Å². The Bertz CT molecular complexity index is 584. The lowest BCUT2D eigenvalue weighted by Crippen LogP contribution is -2.45. The van der Waals surface area contributed by atoms with Gasteiger partial charge in [0.1, 0.15) is 6.61 Å². The van der Waals surface area contributed by atoms with E-state index in [0.29, 0.717) is 31.9 Å². The van der Waals surface area contributed by atoms with Crippen LogP contribution in [0.4, 0.5) is 4.79 Å². The fourth-order valence-electron chi connectivity index (χ4n) is 2.92. The molecule has 0 aliphatic carbocycles. The van der Waals surface area contributed by atoms with Gasteiger partial charge in [0.2, 0.25) is 5.91 Å². The Hall–Kier alpha value is -2.09. The molecule has 30 heavy (non-hydrogen) atoms. The lowest BCUT2D eigenvalue weighted by molar-refractivity contribution is -0.138. The molecule has 3 amide bonds. The van der Waals surface area contributed by atoms with Crippen LogP contribution in [0, 0.1) is 16.7 Å². The molecular weight excluding hydrogens is 386 g/mol. The number of hydrogen-bond acceptors (Lipinski definition) is 5. The van der Waals surface area contributed by atoms with E-state index in [1.807, 2.05) is 6.92 Å². The number of hydrogen-bond donors (Lipinski definition) is 3. The third-order valence-electron chi connectivity index (χ3n) is 4.72. The number of carbonyl (C=O) groups excluding carboxylic acids is 3. The standard InChI is InChI=1S/C22H41N3O5/c1-16(2)18(26)30-14-11-25-20(28)24-10-13-29-12-9-23-19(27)22(8,17(3)4)15-21(5,6)7/h17H,1,9-15H2,2-8H3,(H,23,27)(H2,24,25,28). The molecule has 0 aromatic rings. The molecule has 1 atom stereocenters. The molecule has 0 aromatic carbocycles. The summed E-state index contributed by atoms with van der Waals surface area (Å²) in [6, 6.07) is -0.367. The van der Waals surface area contributed by atoms with Gasteiger partial charge in [0.15, 0.2) is 0 Å². The Labute approximate surface area is 181 Å². The third-order valence-corrected chi connectivity index (χ3v) is 4.72. The fourth-order valence-corrected chi connectivity index (χ4v) is 2.92. The molecule has 0 rings (SSSR count). The second kappa shape index (κ2) is 13.3. The Morgan fingerprint density at radius 2 is 1.40 bits per heavy atom. The molecule has 0 saturated carbocycles. The first-order chi connectivity index (χ1) is 13.8. The minimum Gasteiger partial charge on any atom is -0.460 e. The van der Waals surface area contributed by atoms with E-state index < -0.39 is 11.4 Å². The van der Waals surface area contributed by atoms with E-state index in [1.54, 1.807) is 6.92 Å². The van der Waals surface area contributed by atoms with Crippen molar-refractivity contribution < 1.29 is 23.9 Å². The Morgan fingerprint density at radius 1 is 0.900 bits per heavy atom. The minimum atomic E-state index is -0.482. The van der Waals surface area contributed by atoms with Crippen molar-refractivity contribution in [3.8, 4) is 0 Å². The number of ether oxygens (including phenoxy) is 2. The molecule has 0 fully saturated rings. The molecule has 0 radical (unpaired) electrons. The Kier molecular flexibility index (Phi) is 12.3. The third kappa shape index (κ3) is 11.8. The maximum atomic E-state index is 12.7. The second-order valence-corrected chi connectivity index (χ2v) is 9.28. The molecular formula is C22H41N3O5. The number of nitrogens with one attached hydrogen (secondary N) is 3. The molecule has 0 saturated heterocycles. The van der Waals surface area contributed by atoms with Crippen LogP contribution in [-0.2, 0) is 19.1 Å². The molecule has 0 heterocycles. The highest BCUT2D eigenvalue weighted by atomic mass is 16.5. The van der Waals surface area contributed by atoms with Gasteiger partial charge in [-0.05, 0) is 24.7 Å². The molecule has 0 aliphatic rings. The van der Waals surface area contributed by atoms with Crippen LogP contribution in [0.2, 0.25) is 0 Å². The zero-order chi connectivity index (χ0) is 23.4. The van der Waals surface area contributed by atoms with Crippen molar-refractivity contribution >= 4 is 17.9 Å². The molecule has 174 valence electrons. The van der Waals surface area contributed by atoms with Gasteiger partial charge in [0, 0.05) is 24.1 Å². The van der Waals surface area contributed by atoms with E-state index in [0.717, 1.165) is 6.42 Å². The number of carbonyl (C=O) groups is 3. The fraction of sp³-hybridized carbons (Fsp3) is 0.773. The lowest BCUT2D eigenvalue weighted by Gasteiger charge is -2.37. The van der Waals surface area contributed by atoms with Crippen molar-refractivity contribution in [2.75, 3.05) is 39.5 Å². The maximum Gasteiger partial charge on any atom is 0.333 e. The molecule has 1 unspecified atom stereocenters. The van der Waals surface area contributed by atoms with Crippen LogP contribution >= 0.6 is 0 Å². The van der Waals surface area contributed by atoms with Gasteiger partial charge in [-0.25, -0.2) is 9.59 Å². The topological polar surface area (TPSA) is 106 Å². The molecule has 0 aromatic heterocycles. The normalized spacial score (nSPS) is 13.3. The van der Waals surface area contributed by atoms with Gasteiger partial charge >= 0.3 is 12.0 Å². The summed E-state index contributed by atoms with van der Waals surface area (Å²) in [6.07, 6.45) is 0.801. The summed E-state index contributed by atoms with van der Waals surface area (Å²) in [5.41, 5.74) is -0.0575. The number of urea groups is 1. The van der Waals surface area contributed by atoms with Crippen LogP contribution in [0.15, 0.2) is 12.2 Å². The van der Waals surface area contributed by atoms with Gasteiger partial charge in [-0.3, -0.25) is 4.79 Å². The van der Waals surface area contributed by atoms with Gasteiger partial charge in [-0.15, -0.1) is 0 Å². The molecule has 0 spiro atoms. The average molecular weight is 428 g/mol. The van der Waals surface area contributed by atoms with Crippen molar-refractivity contribution in [3.63, 3.8) is 0 Å². The SMILES string of the molecule is C=C(C)C(=O)OCCNC(=O)NCCOCCNC(=O)C(C)(CC(C)(C)C)C(C)C. The monoisotopic (exact) mass is 427 g/mol. The van der Waals surface area contributed by atoms with Gasteiger partial charge < -0.3 is 25.4 Å². The van der Waals surface area contributed by atoms with E-state index in [1.165, 1.54) is 0 Å². The van der Waals surface area contributed by atoms with Crippen molar-refractivity contribution in [2.24, 2.45) is 16.7 Å². The van der Waals surface area contributed by atoms with Crippen LogP contribution in [0.3, 0.4) is 0 Å². The van der Waals surface area contributed by atoms with Crippen molar-refractivity contribution in [2.45, 2.75) is 54.9 Å². The zero-order valence-corrected chi connectivity index (χ0v) is 19.8. The maximum absolute atomic E-state index is 12.7. The molecule has 8 nitrogen and oxygen atoms in total. The minimum absolute atomic E-state index is 0.0425. The summed E-state index contributed by atoms with van der Waals surface area (Å²) in [4.78, 5) is 35.5. The summed E-state index contributed by atoms with van der Waals surface area (Å²) in [6.45, 7) is 19.4. The van der Waals surface area contributed by atoms with Crippen LogP contribution in [0.5, 0.6) is 0 Å².